The third kappa shape index (κ3) is 4.02. The van der Waals surface area contributed by atoms with Crippen molar-refractivity contribution in [3.8, 4) is 0 Å². The summed E-state index contributed by atoms with van der Waals surface area (Å²) >= 11 is 2.19. The summed E-state index contributed by atoms with van der Waals surface area (Å²) in [4.78, 5) is 18.9. The number of H-pyrrole nitrogens is 1. The van der Waals surface area contributed by atoms with Gasteiger partial charge in [0.15, 0.2) is 0 Å². The maximum atomic E-state index is 14.0. The molecule has 2 N–H and O–H groups in total. The number of anilines is 1. The second kappa shape index (κ2) is 8.83. The van der Waals surface area contributed by atoms with Crippen LogP contribution in [0.4, 0.5) is 14.5 Å². The molecule has 3 heterocycles. The van der Waals surface area contributed by atoms with Crippen molar-refractivity contribution in [2.45, 2.75) is 29.4 Å². The lowest BCUT2D eigenvalue weighted by Gasteiger charge is -2.23. The van der Waals surface area contributed by atoms with Gasteiger partial charge in [-0.1, -0.05) is 36.9 Å². The smallest absolute Gasteiger partial charge is 0.328 e. The number of hydrogen-bond donors (Lipinski definition) is 2. The number of nitrogens with zero attached hydrogens (tertiary/aromatic N) is 2. The number of aliphatic imine (C=N–C) groups is 1. The molecule has 1 aromatic carbocycles. The molecule has 0 aliphatic carbocycles. The number of fused-ring (bicyclic) bond motifs is 1. The molecular weight excluding hydrogens is 480 g/mol. The third-order valence-electron chi connectivity index (χ3n) is 5.17. The van der Waals surface area contributed by atoms with Crippen LogP contribution in [0.3, 0.4) is 0 Å². The van der Waals surface area contributed by atoms with Crippen LogP contribution in [0.25, 0.3) is 10.9 Å². The zero-order valence-corrected chi connectivity index (χ0v) is 19.2. The van der Waals surface area contributed by atoms with Gasteiger partial charge >= 0.3 is 12.5 Å². The molecule has 0 fully saturated rings. The van der Waals surface area contributed by atoms with E-state index in [0.29, 0.717) is 29.1 Å². The van der Waals surface area contributed by atoms with Crippen molar-refractivity contribution in [2.24, 2.45) is 10.9 Å². The van der Waals surface area contributed by atoms with Gasteiger partial charge in [0.25, 0.3) is 10.0 Å². The van der Waals surface area contributed by atoms with Crippen LogP contribution < -0.4 is 4.31 Å². The third-order valence-corrected chi connectivity index (χ3v) is 9.62. The summed E-state index contributed by atoms with van der Waals surface area (Å²) in [7, 11) is -4.46. The highest BCUT2D eigenvalue weighted by Gasteiger charge is 2.35. The van der Waals surface area contributed by atoms with Crippen LogP contribution in [0, 0.1) is 5.92 Å². The van der Waals surface area contributed by atoms with Crippen LogP contribution >= 0.6 is 23.1 Å². The maximum Gasteiger partial charge on any atom is 0.328 e. The molecule has 0 saturated carbocycles. The second-order valence-electron chi connectivity index (χ2n) is 7.09. The van der Waals surface area contributed by atoms with Gasteiger partial charge in [0.05, 0.1) is 29.4 Å². The summed E-state index contributed by atoms with van der Waals surface area (Å²) in [5, 5.41) is 11.8. The van der Waals surface area contributed by atoms with Crippen LogP contribution in [0.5, 0.6) is 0 Å². The number of halogens is 2. The normalized spacial score (nSPS) is 17.6. The number of nitrogens with one attached hydrogen (secondary N) is 1. The molecule has 2 aromatic heterocycles. The van der Waals surface area contributed by atoms with Crippen molar-refractivity contribution in [1.82, 2.24) is 4.98 Å². The first-order chi connectivity index (χ1) is 15.2. The fraction of sp³-hybridized carbons (Fsp3) is 0.300. The van der Waals surface area contributed by atoms with E-state index in [1.807, 2.05) is 0 Å². The van der Waals surface area contributed by atoms with Crippen molar-refractivity contribution in [1.29, 1.82) is 0 Å². The monoisotopic (exact) mass is 499 g/mol. The number of carbonyl (C=O) groups is 1. The highest BCUT2D eigenvalue weighted by Crippen LogP contribution is 2.37. The number of thioether (sulfide) groups is 1. The molecule has 0 bridgehead atoms. The molecule has 0 amide bonds. The molecule has 2 atom stereocenters. The number of thiophene rings is 1. The highest BCUT2D eigenvalue weighted by molar-refractivity contribution is 8.15. The molecule has 3 aromatic rings. The van der Waals surface area contributed by atoms with E-state index in [4.69, 9.17) is 0 Å². The molecule has 1 aliphatic heterocycles. The van der Waals surface area contributed by atoms with Crippen LogP contribution in [0.2, 0.25) is 0 Å². The Balaban J connectivity index is 1.72. The zero-order chi connectivity index (χ0) is 23.0. The van der Waals surface area contributed by atoms with Crippen molar-refractivity contribution in [3.63, 3.8) is 0 Å². The van der Waals surface area contributed by atoms with Gasteiger partial charge in [-0.05, 0) is 30.0 Å². The quantitative estimate of drug-likeness (QED) is 0.440. The van der Waals surface area contributed by atoms with Gasteiger partial charge in [0, 0.05) is 10.6 Å². The van der Waals surface area contributed by atoms with Gasteiger partial charge < -0.3 is 10.1 Å². The average Bonchev–Trinajstić information content (AvgIpc) is 3.48. The molecule has 0 spiro atoms. The van der Waals surface area contributed by atoms with Gasteiger partial charge in [-0.25, -0.2) is 12.7 Å². The van der Waals surface area contributed by atoms with Gasteiger partial charge in [-0.15, -0.1) is 11.3 Å². The average molecular weight is 500 g/mol. The number of carboxylic acid groups (broad SMARTS) is 1. The molecule has 0 saturated heterocycles. The Bertz CT molecular complexity index is 1270. The van der Waals surface area contributed by atoms with Gasteiger partial charge in [0.2, 0.25) is 0 Å². The first-order valence-electron chi connectivity index (χ1n) is 9.66. The molecule has 7 nitrogen and oxygen atoms in total. The lowest BCUT2D eigenvalue weighted by Crippen LogP contribution is -2.35. The molecule has 2 unspecified atom stereocenters. The molecule has 0 radical (unpaired) electrons. The topological polar surface area (TPSA) is 103 Å². The summed E-state index contributed by atoms with van der Waals surface area (Å²) in [6, 6.07) is 9.00. The zero-order valence-electron chi connectivity index (χ0n) is 16.7. The first-order valence-corrected chi connectivity index (χ1v) is 12.9. The van der Waals surface area contributed by atoms with E-state index < -0.39 is 28.5 Å². The minimum absolute atomic E-state index is 0.116. The number of carboxylic acids is 1. The molecule has 12 heteroatoms. The molecule has 170 valence electrons. The van der Waals surface area contributed by atoms with Crippen LogP contribution in [0.1, 0.15) is 19.0 Å². The van der Waals surface area contributed by atoms with E-state index in [1.54, 1.807) is 19.1 Å². The minimum atomic E-state index is -4.46. The summed E-state index contributed by atoms with van der Waals surface area (Å²) in [6.45, 7) is -1.15. The summed E-state index contributed by atoms with van der Waals surface area (Å²) in [5.74, 6) is -1.43. The van der Waals surface area contributed by atoms with E-state index >= 15 is 0 Å². The molecule has 32 heavy (non-hydrogen) atoms. The van der Waals surface area contributed by atoms with E-state index in [2.05, 4.69) is 9.98 Å². The van der Waals surface area contributed by atoms with Crippen LogP contribution in [-0.2, 0) is 14.8 Å². The van der Waals surface area contributed by atoms with Crippen LogP contribution in [0.15, 0.2) is 51.0 Å². The number of aromatic nitrogens is 1. The predicted octanol–water partition coefficient (Wildman–Crippen LogP) is 4.62. The highest BCUT2D eigenvalue weighted by atomic mass is 32.2. The van der Waals surface area contributed by atoms with E-state index in [0.717, 1.165) is 11.3 Å². The fourth-order valence-corrected chi connectivity index (χ4v) is 7.33. The molecule has 4 rings (SSSR count). The number of sulfonamides is 1. The Kier molecular flexibility index (Phi) is 6.28. The number of benzene rings is 1. The Morgan fingerprint density at radius 2 is 2.12 bits per heavy atom. The Morgan fingerprint density at radius 3 is 2.75 bits per heavy atom. The Morgan fingerprint density at radius 1 is 1.34 bits per heavy atom. The standard InChI is InChI=1S/C20H19F2N3O4S3/c1-2-12(19(26)27)15-10-23-18(31-15)13-9-11-5-3-6-14(17(11)24-13)25(20(21)22)32(28,29)16-7-4-8-30-16/h3-9,12,15,20,24H,2,10H2,1H3,(H,26,27). The van der Waals surface area contributed by atoms with Crippen molar-refractivity contribution >= 4 is 60.7 Å². The number of aliphatic carboxylic acids is 1. The summed E-state index contributed by atoms with van der Waals surface area (Å²) < 4.78 is 53.8. The predicted molar refractivity (Wildman–Crippen MR) is 122 cm³/mol. The van der Waals surface area contributed by atoms with Gasteiger partial charge in [-0.2, -0.15) is 8.78 Å². The number of rotatable bonds is 8. The summed E-state index contributed by atoms with van der Waals surface area (Å²) in [6.07, 6.45) is 0.469. The SMILES string of the molecule is CCC(C(=O)O)C1CN=C(c2cc3cccc(N(C(F)F)S(=O)(=O)c4cccs4)c3[nH]2)S1. The number of para-hydroxylation sites is 1. The molecular formula is C20H19F2N3O4S3. The van der Waals surface area contributed by atoms with Crippen molar-refractivity contribution < 1.29 is 27.1 Å². The minimum Gasteiger partial charge on any atom is -0.481 e. The van der Waals surface area contributed by atoms with Gasteiger partial charge in [-0.3, -0.25) is 9.79 Å². The Labute approximate surface area is 191 Å². The lowest BCUT2D eigenvalue weighted by molar-refractivity contribution is -0.141. The number of alkyl halides is 2. The van der Waals surface area contributed by atoms with Crippen molar-refractivity contribution in [3.05, 3.63) is 47.5 Å². The number of hydrogen-bond acceptors (Lipinski definition) is 6. The fourth-order valence-electron chi connectivity index (χ4n) is 3.63. The number of aromatic amines is 1. The molecule has 1 aliphatic rings. The largest absolute Gasteiger partial charge is 0.481 e. The van der Waals surface area contributed by atoms with E-state index in [1.165, 1.54) is 41.4 Å². The second-order valence-corrected chi connectivity index (χ2v) is 11.3. The summed E-state index contributed by atoms with van der Waals surface area (Å²) in [5.41, 5.74) is 0.595. The van der Waals surface area contributed by atoms with E-state index in [9.17, 15) is 27.1 Å². The van der Waals surface area contributed by atoms with Gasteiger partial charge in [0.1, 0.15) is 9.25 Å². The first kappa shape index (κ1) is 22.7. The van der Waals surface area contributed by atoms with Crippen molar-refractivity contribution in [2.75, 3.05) is 10.8 Å². The Hall–Kier alpha value is -2.44. The lowest BCUT2D eigenvalue weighted by atomic mass is 10.0. The maximum absolute atomic E-state index is 14.0. The van der Waals surface area contributed by atoms with E-state index in [-0.39, 0.29) is 25.0 Å². The van der Waals surface area contributed by atoms with Crippen LogP contribution in [-0.4, -0.2) is 47.9 Å².